The first-order chi connectivity index (χ1) is 6.20. The molecule has 0 heterocycles. The zero-order chi connectivity index (χ0) is 10.1. The molecule has 0 fully saturated rings. The van der Waals surface area contributed by atoms with Gasteiger partial charge < -0.3 is 16.4 Å². The van der Waals surface area contributed by atoms with Gasteiger partial charge in [-0.05, 0) is 6.42 Å². The van der Waals surface area contributed by atoms with E-state index in [0.29, 0.717) is 6.54 Å². The molecule has 0 aromatic carbocycles. The van der Waals surface area contributed by atoms with Crippen molar-refractivity contribution in [2.45, 2.75) is 6.42 Å². The average Bonchev–Trinajstić information content (AvgIpc) is 2.14. The minimum Gasteiger partial charge on any atom is -0.354 e. The predicted molar refractivity (Wildman–Crippen MR) is 49.9 cm³/mol. The Hall–Kier alpha value is -1.36. The summed E-state index contributed by atoms with van der Waals surface area (Å²) in [5, 5.41) is 4.95. The number of nitrogens with one attached hydrogen (secondary N) is 2. The smallest absolute Gasteiger partial charge is 0.239 e. The van der Waals surface area contributed by atoms with Gasteiger partial charge in [0.25, 0.3) is 0 Å². The SMILES string of the molecule is C=CCCNC(=O)CNC(=O)CN. The van der Waals surface area contributed by atoms with Crippen LogP contribution in [0.25, 0.3) is 0 Å². The number of carbonyl (C=O) groups is 2. The molecule has 0 aliphatic heterocycles. The van der Waals surface area contributed by atoms with Crippen LogP contribution in [0.1, 0.15) is 6.42 Å². The predicted octanol–water partition coefficient (Wildman–Crippen LogP) is -1.25. The van der Waals surface area contributed by atoms with Crippen LogP contribution in [0.3, 0.4) is 0 Å². The highest BCUT2D eigenvalue weighted by atomic mass is 16.2. The largest absolute Gasteiger partial charge is 0.354 e. The fourth-order valence-corrected chi connectivity index (χ4v) is 0.627. The Morgan fingerprint density at radius 1 is 1.31 bits per heavy atom. The summed E-state index contributed by atoms with van der Waals surface area (Å²) in [6.45, 7) is 3.93. The van der Waals surface area contributed by atoms with Crippen LogP contribution in [-0.2, 0) is 9.59 Å². The molecule has 0 saturated heterocycles. The molecular weight excluding hydrogens is 170 g/mol. The first-order valence-corrected chi connectivity index (χ1v) is 4.05. The van der Waals surface area contributed by atoms with Gasteiger partial charge in [0, 0.05) is 6.54 Å². The van der Waals surface area contributed by atoms with E-state index >= 15 is 0 Å². The Labute approximate surface area is 77.4 Å². The van der Waals surface area contributed by atoms with Gasteiger partial charge in [-0.25, -0.2) is 0 Å². The first-order valence-electron chi connectivity index (χ1n) is 4.05. The quantitative estimate of drug-likeness (QED) is 0.357. The molecule has 5 nitrogen and oxygen atoms in total. The van der Waals surface area contributed by atoms with Crippen molar-refractivity contribution in [3.8, 4) is 0 Å². The molecule has 0 bridgehead atoms. The number of hydrogen-bond acceptors (Lipinski definition) is 3. The Bertz CT molecular complexity index is 192. The van der Waals surface area contributed by atoms with Crippen LogP contribution in [0.2, 0.25) is 0 Å². The molecule has 5 heteroatoms. The molecule has 0 unspecified atom stereocenters. The molecule has 2 amide bonds. The highest BCUT2D eigenvalue weighted by Crippen LogP contribution is 1.74. The topological polar surface area (TPSA) is 84.2 Å². The Morgan fingerprint density at radius 3 is 2.54 bits per heavy atom. The number of amides is 2. The number of rotatable bonds is 6. The molecule has 0 aromatic rings. The lowest BCUT2D eigenvalue weighted by atomic mass is 10.4. The fraction of sp³-hybridized carbons (Fsp3) is 0.500. The summed E-state index contributed by atoms with van der Waals surface area (Å²) in [7, 11) is 0. The van der Waals surface area contributed by atoms with Gasteiger partial charge in [-0.1, -0.05) is 6.08 Å². The lowest BCUT2D eigenvalue weighted by Gasteiger charge is -2.04. The van der Waals surface area contributed by atoms with E-state index in [0.717, 1.165) is 6.42 Å². The van der Waals surface area contributed by atoms with E-state index in [1.54, 1.807) is 6.08 Å². The second-order valence-electron chi connectivity index (χ2n) is 2.41. The van der Waals surface area contributed by atoms with Crippen molar-refractivity contribution in [3.63, 3.8) is 0 Å². The van der Waals surface area contributed by atoms with Crippen molar-refractivity contribution >= 4 is 11.8 Å². The van der Waals surface area contributed by atoms with Gasteiger partial charge in [0.15, 0.2) is 0 Å². The molecule has 0 atom stereocenters. The first kappa shape index (κ1) is 11.6. The van der Waals surface area contributed by atoms with Gasteiger partial charge >= 0.3 is 0 Å². The minimum absolute atomic E-state index is 0.0207. The van der Waals surface area contributed by atoms with Gasteiger partial charge in [0.2, 0.25) is 11.8 Å². The van der Waals surface area contributed by atoms with Crippen LogP contribution in [0, 0.1) is 0 Å². The van der Waals surface area contributed by atoms with E-state index < -0.39 is 0 Å². The van der Waals surface area contributed by atoms with Gasteiger partial charge in [-0.15, -0.1) is 6.58 Å². The lowest BCUT2D eigenvalue weighted by molar-refractivity contribution is -0.125. The number of hydrogen-bond donors (Lipinski definition) is 3. The molecule has 0 aliphatic carbocycles. The third-order valence-corrected chi connectivity index (χ3v) is 1.30. The summed E-state index contributed by atoms with van der Waals surface area (Å²) in [4.78, 5) is 21.6. The van der Waals surface area contributed by atoms with E-state index in [1.807, 2.05) is 0 Å². The monoisotopic (exact) mass is 185 g/mol. The van der Waals surface area contributed by atoms with Crippen LogP contribution < -0.4 is 16.4 Å². The van der Waals surface area contributed by atoms with Crippen molar-refractivity contribution in [1.29, 1.82) is 0 Å². The maximum absolute atomic E-state index is 10.9. The fourth-order valence-electron chi connectivity index (χ4n) is 0.627. The zero-order valence-electron chi connectivity index (χ0n) is 7.51. The van der Waals surface area contributed by atoms with Crippen molar-refractivity contribution in [2.75, 3.05) is 19.6 Å². The van der Waals surface area contributed by atoms with Crippen LogP contribution in [0.15, 0.2) is 12.7 Å². The summed E-state index contributed by atoms with van der Waals surface area (Å²) < 4.78 is 0. The standard InChI is InChI=1S/C8H15N3O2/c1-2-3-4-10-8(13)6-11-7(12)5-9/h2H,1,3-6,9H2,(H,10,13)(H,11,12). The third kappa shape index (κ3) is 7.02. The van der Waals surface area contributed by atoms with Crippen LogP contribution in [0.5, 0.6) is 0 Å². The summed E-state index contributed by atoms with van der Waals surface area (Å²) in [5.41, 5.74) is 5.02. The molecule has 0 radical (unpaired) electrons. The molecule has 4 N–H and O–H groups in total. The van der Waals surface area contributed by atoms with Crippen LogP contribution >= 0.6 is 0 Å². The highest BCUT2D eigenvalue weighted by Gasteiger charge is 2.01. The lowest BCUT2D eigenvalue weighted by Crippen LogP contribution is -2.39. The van der Waals surface area contributed by atoms with Gasteiger partial charge in [0.1, 0.15) is 0 Å². The number of carbonyl (C=O) groups excluding carboxylic acids is 2. The second-order valence-corrected chi connectivity index (χ2v) is 2.41. The van der Waals surface area contributed by atoms with Gasteiger partial charge in [-0.2, -0.15) is 0 Å². The molecule has 74 valence electrons. The average molecular weight is 185 g/mol. The summed E-state index contributed by atoms with van der Waals surface area (Å²) >= 11 is 0. The normalized spacial score (nSPS) is 9.00. The molecule has 0 spiro atoms. The Balaban J connectivity index is 3.40. The van der Waals surface area contributed by atoms with E-state index in [2.05, 4.69) is 17.2 Å². The Morgan fingerprint density at radius 2 is 2.00 bits per heavy atom. The zero-order valence-corrected chi connectivity index (χ0v) is 7.51. The van der Waals surface area contributed by atoms with E-state index in [9.17, 15) is 9.59 Å². The van der Waals surface area contributed by atoms with Crippen molar-refractivity contribution in [3.05, 3.63) is 12.7 Å². The van der Waals surface area contributed by atoms with E-state index in [-0.39, 0.29) is 24.9 Å². The maximum atomic E-state index is 10.9. The number of nitrogens with two attached hydrogens (primary N) is 1. The van der Waals surface area contributed by atoms with E-state index in [1.165, 1.54) is 0 Å². The maximum Gasteiger partial charge on any atom is 0.239 e. The summed E-state index contributed by atoms with van der Waals surface area (Å²) in [6, 6.07) is 0. The van der Waals surface area contributed by atoms with Gasteiger partial charge in [-0.3, -0.25) is 9.59 Å². The van der Waals surface area contributed by atoms with Crippen molar-refractivity contribution in [2.24, 2.45) is 5.73 Å². The minimum atomic E-state index is -0.334. The Kier molecular flexibility index (Phi) is 6.53. The van der Waals surface area contributed by atoms with E-state index in [4.69, 9.17) is 5.73 Å². The van der Waals surface area contributed by atoms with Crippen LogP contribution in [0.4, 0.5) is 0 Å². The molecule has 0 aliphatic rings. The van der Waals surface area contributed by atoms with Crippen molar-refractivity contribution < 1.29 is 9.59 Å². The molecule has 0 aromatic heterocycles. The van der Waals surface area contributed by atoms with Crippen molar-refractivity contribution in [1.82, 2.24) is 10.6 Å². The molecule has 13 heavy (non-hydrogen) atoms. The molecular formula is C8H15N3O2. The molecule has 0 rings (SSSR count). The second kappa shape index (κ2) is 7.30. The summed E-state index contributed by atoms with van der Waals surface area (Å²) in [5.74, 6) is -0.553. The third-order valence-electron chi connectivity index (χ3n) is 1.30. The highest BCUT2D eigenvalue weighted by molar-refractivity contribution is 5.85. The van der Waals surface area contributed by atoms with Crippen LogP contribution in [-0.4, -0.2) is 31.4 Å². The summed E-state index contributed by atoms with van der Waals surface area (Å²) in [6.07, 6.45) is 2.43. The van der Waals surface area contributed by atoms with Gasteiger partial charge in [0.05, 0.1) is 13.1 Å². The molecule has 0 saturated carbocycles.